The minimum atomic E-state index is -1.04. The van der Waals surface area contributed by atoms with Gasteiger partial charge in [0.05, 0.1) is 17.1 Å². The van der Waals surface area contributed by atoms with E-state index in [2.05, 4.69) is 13.8 Å². The molecule has 1 heterocycles. The number of aliphatic hydroxyl groups excluding tert-OH is 1. The standard InChI is InChI=1S/C15H22O4/c1-12(2)4-8-9(5-12)13(3,18)15-6-14(15,10(8)16)7-19-11(15)17/h8-10,16,18H,4-7H2,1-3H3/t8-,9+,10+,13?,14?,15?/m1/s1. The molecule has 0 bridgehead atoms. The molecule has 0 aromatic rings. The highest BCUT2D eigenvalue weighted by molar-refractivity contribution is 5.87. The molecule has 2 N–H and O–H groups in total. The topological polar surface area (TPSA) is 66.8 Å². The summed E-state index contributed by atoms with van der Waals surface area (Å²) in [5, 5.41) is 21.9. The fourth-order valence-corrected chi connectivity index (χ4v) is 5.81. The van der Waals surface area contributed by atoms with E-state index in [0.717, 1.165) is 12.8 Å². The summed E-state index contributed by atoms with van der Waals surface area (Å²) in [6.45, 7) is 6.45. The van der Waals surface area contributed by atoms with Crippen molar-refractivity contribution in [3.8, 4) is 0 Å². The van der Waals surface area contributed by atoms with E-state index >= 15 is 0 Å². The first-order chi connectivity index (χ1) is 8.68. The Hall–Kier alpha value is -0.610. The van der Waals surface area contributed by atoms with Crippen LogP contribution in [0, 0.1) is 28.1 Å². The number of esters is 1. The van der Waals surface area contributed by atoms with E-state index < -0.39 is 22.5 Å². The molecule has 106 valence electrons. The number of cyclic esters (lactones) is 1. The SMILES string of the molecule is CC1(C)C[C@@H]2[C@H](C1)C(C)(O)C13CC1(COC3=O)[C@H]2O. The molecule has 3 saturated carbocycles. The van der Waals surface area contributed by atoms with Crippen molar-refractivity contribution in [1.82, 2.24) is 0 Å². The lowest BCUT2D eigenvalue weighted by molar-refractivity contribution is -0.172. The summed E-state index contributed by atoms with van der Waals surface area (Å²) in [6, 6.07) is 0. The third-order valence-corrected chi connectivity index (χ3v) is 6.75. The number of aliphatic hydroxyl groups is 2. The molecule has 19 heavy (non-hydrogen) atoms. The highest BCUT2D eigenvalue weighted by atomic mass is 16.5. The predicted octanol–water partition coefficient (Wildman–Crippen LogP) is 1.10. The van der Waals surface area contributed by atoms with Gasteiger partial charge in [0.2, 0.25) is 0 Å². The fraction of sp³-hybridized carbons (Fsp3) is 0.933. The maximum atomic E-state index is 12.2. The van der Waals surface area contributed by atoms with E-state index in [1.807, 2.05) is 0 Å². The molecule has 4 fully saturated rings. The van der Waals surface area contributed by atoms with Gasteiger partial charge in [-0.05, 0) is 43.4 Å². The molecule has 1 saturated heterocycles. The van der Waals surface area contributed by atoms with Gasteiger partial charge in [-0.15, -0.1) is 0 Å². The van der Waals surface area contributed by atoms with Crippen molar-refractivity contribution >= 4 is 5.97 Å². The van der Waals surface area contributed by atoms with Gasteiger partial charge in [-0.2, -0.15) is 0 Å². The Morgan fingerprint density at radius 2 is 1.95 bits per heavy atom. The van der Waals surface area contributed by atoms with Gasteiger partial charge in [0.15, 0.2) is 0 Å². The first-order valence-corrected chi connectivity index (χ1v) is 7.26. The predicted molar refractivity (Wildman–Crippen MR) is 67.1 cm³/mol. The maximum absolute atomic E-state index is 12.2. The minimum absolute atomic E-state index is 0.00113. The van der Waals surface area contributed by atoms with Crippen molar-refractivity contribution in [2.24, 2.45) is 28.1 Å². The third kappa shape index (κ3) is 1.03. The Balaban J connectivity index is 1.85. The number of fused-ring (bicyclic) bond motifs is 1. The van der Waals surface area contributed by atoms with Crippen LogP contribution in [-0.2, 0) is 9.53 Å². The zero-order valence-electron chi connectivity index (χ0n) is 11.8. The summed E-state index contributed by atoms with van der Waals surface area (Å²) in [6.07, 6.45) is 1.87. The van der Waals surface area contributed by atoms with Crippen molar-refractivity contribution in [3.05, 3.63) is 0 Å². The minimum Gasteiger partial charge on any atom is -0.464 e. The molecule has 3 unspecified atom stereocenters. The van der Waals surface area contributed by atoms with Gasteiger partial charge in [0.1, 0.15) is 12.0 Å². The van der Waals surface area contributed by atoms with Crippen molar-refractivity contribution in [2.45, 2.75) is 51.7 Å². The first kappa shape index (κ1) is 12.2. The van der Waals surface area contributed by atoms with Crippen LogP contribution in [0.2, 0.25) is 0 Å². The second-order valence-electron chi connectivity index (χ2n) is 8.25. The van der Waals surface area contributed by atoms with Crippen LogP contribution in [-0.4, -0.2) is 34.5 Å². The summed E-state index contributed by atoms with van der Waals surface area (Å²) < 4.78 is 5.21. The van der Waals surface area contributed by atoms with Gasteiger partial charge in [-0.1, -0.05) is 13.8 Å². The second kappa shape index (κ2) is 2.86. The number of carbonyl (C=O) groups excluding carboxylic acids is 1. The molecule has 0 spiro atoms. The van der Waals surface area contributed by atoms with Crippen molar-refractivity contribution in [1.29, 1.82) is 0 Å². The molecular weight excluding hydrogens is 244 g/mol. The molecule has 0 aromatic carbocycles. The lowest BCUT2D eigenvalue weighted by Gasteiger charge is -2.47. The zero-order chi connectivity index (χ0) is 13.8. The Bertz CT molecular complexity index is 483. The monoisotopic (exact) mass is 266 g/mol. The Kier molecular flexibility index (Phi) is 1.83. The van der Waals surface area contributed by atoms with Crippen molar-refractivity contribution in [2.75, 3.05) is 6.61 Å². The molecule has 0 amide bonds. The van der Waals surface area contributed by atoms with Gasteiger partial charge in [0.25, 0.3) is 0 Å². The van der Waals surface area contributed by atoms with E-state index in [0.29, 0.717) is 6.42 Å². The summed E-state index contributed by atoms with van der Waals surface area (Å²) in [5.74, 6) is -0.200. The number of rotatable bonds is 0. The lowest BCUT2D eigenvalue weighted by Crippen LogP contribution is -2.58. The van der Waals surface area contributed by atoms with E-state index in [1.165, 1.54) is 0 Å². The molecule has 1 aliphatic heterocycles. The molecule has 6 atom stereocenters. The van der Waals surface area contributed by atoms with E-state index in [9.17, 15) is 15.0 Å². The molecule has 4 rings (SSSR count). The summed E-state index contributed by atoms with van der Waals surface area (Å²) >= 11 is 0. The number of carbonyl (C=O) groups is 1. The highest BCUT2D eigenvalue weighted by Crippen LogP contribution is 2.81. The Morgan fingerprint density at radius 1 is 1.26 bits per heavy atom. The fourth-order valence-electron chi connectivity index (χ4n) is 5.81. The van der Waals surface area contributed by atoms with Gasteiger partial charge in [-0.25, -0.2) is 0 Å². The van der Waals surface area contributed by atoms with Gasteiger partial charge in [0, 0.05) is 0 Å². The molecule has 4 aliphatic rings. The van der Waals surface area contributed by atoms with E-state index in [1.54, 1.807) is 6.92 Å². The third-order valence-electron chi connectivity index (χ3n) is 6.75. The maximum Gasteiger partial charge on any atom is 0.315 e. The van der Waals surface area contributed by atoms with E-state index in [-0.39, 0.29) is 29.8 Å². The number of hydrogen-bond donors (Lipinski definition) is 2. The van der Waals surface area contributed by atoms with Gasteiger partial charge in [-0.3, -0.25) is 4.79 Å². The van der Waals surface area contributed by atoms with Crippen molar-refractivity contribution in [3.63, 3.8) is 0 Å². The van der Waals surface area contributed by atoms with Gasteiger partial charge < -0.3 is 14.9 Å². The second-order valence-corrected chi connectivity index (χ2v) is 8.25. The average molecular weight is 266 g/mol. The summed E-state index contributed by atoms with van der Waals surface area (Å²) in [4.78, 5) is 12.2. The molecule has 0 aromatic heterocycles. The van der Waals surface area contributed by atoms with E-state index in [4.69, 9.17) is 4.74 Å². The van der Waals surface area contributed by atoms with Crippen LogP contribution >= 0.6 is 0 Å². The normalized spacial score (nSPS) is 61.1. The number of hydrogen-bond acceptors (Lipinski definition) is 4. The van der Waals surface area contributed by atoms with Crippen LogP contribution < -0.4 is 0 Å². The summed E-state index contributed by atoms with van der Waals surface area (Å²) in [5.41, 5.74) is -2.25. The van der Waals surface area contributed by atoms with Crippen LogP contribution in [0.5, 0.6) is 0 Å². The van der Waals surface area contributed by atoms with Gasteiger partial charge >= 0.3 is 5.97 Å². The molecular formula is C15H22O4. The summed E-state index contributed by atoms with van der Waals surface area (Å²) in [7, 11) is 0. The molecule has 3 aliphatic carbocycles. The Morgan fingerprint density at radius 3 is 2.63 bits per heavy atom. The quantitative estimate of drug-likeness (QED) is 0.644. The van der Waals surface area contributed by atoms with Crippen LogP contribution in [0.3, 0.4) is 0 Å². The van der Waals surface area contributed by atoms with Crippen LogP contribution in [0.1, 0.15) is 40.0 Å². The Labute approximate surface area is 113 Å². The largest absolute Gasteiger partial charge is 0.464 e. The van der Waals surface area contributed by atoms with Crippen LogP contribution in [0.25, 0.3) is 0 Å². The van der Waals surface area contributed by atoms with Crippen LogP contribution in [0.15, 0.2) is 0 Å². The van der Waals surface area contributed by atoms with Crippen molar-refractivity contribution < 1.29 is 19.7 Å². The molecule has 0 radical (unpaired) electrons. The molecule has 4 heteroatoms. The molecule has 4 nitrogen and oxygen atoms in total. The van der Waals surface area contributed by atoms with Crippen LogP contribution in [0.4, 0.5) is 0 Å². The first-order valence-electron chi connectivity index (χ1n) is 7.26. The zero-order valence-corrected chi connectivity index (χ0v) is 11.8. The average Bonchev–Trinajstić information content (AvgIpc) is 2.80. The number of ether oxygens (including phenoxy) is 1. The lowest BCUT2D eigenvalue weighted by atomic mass is 9.60. The smallest absolute Gasteiger partial charge is 0.315 e. The highest BCUT2D eigenvalue weighted by Gasteiger charge is 2.90.